The highest BCUT2D eigenvalue weighted by Crippen LogP contribution is 2.38. The molecule has 0 atom stereocenters. The number of anilines is 1. The summed E-state index contributed by atoms with van der Waals surface area (Å²) in [5.74, 6) is 3.65. The van der Waals surface area contributed by atoms with Crippen LogP contribution in [-0.4, -0.2) is 32.3 Å². The zero-order valence-electron chi connectivity index (χ0n) is 15.7. The SMILES string of the molecule is CCN(CC)c1nc2cc(OC)c(OC)cc2cc1Oc1ccccc1. The molecule has 0 bridgehead atoms. The van der Waals surface area contributed by atoms with E-state index in [1.54, 1.807) is 14.2 Å². The highest BCUT2D eigenvalue weighted by atomic mass is 16.5. The zero-order valence-corrected chi connectivity index (χ0v) is 15.7. The van der Waals surface area contributed by atoms with Crippen molar-refractivity contribution in [3.05, 3.63) is 48.5 Å². The minimum atomic E-state index is 0.662. The number of ether oxygens (including phenoxy) is 3. The van der Waals surface area contributed by atoms with Gasteiger partial charge in [-0.1, -0.05) is 18.2 Å². The molecule has 136 valence electrons. The average molecular weight is 352 g/mol. The first-order valence-corrected chi connectivity index (χ1v) is 8.74. The van der Waals surface area contributed by atoms with Crippen LogP contribution in [-0.2, 0) is 0 Å². The third kappa shape index (κ3) is 3.52. The second kappa shape index (κ2) is 7.95. The van der Waals surface area contributed by atoms with Gasteiger partial charge < -0.3 is 19.1 Å². The van der Waals surface area contributed by atoms with Gasteiger partial charge in [0.1, 0.15) is 5.75 Å². The van der Waals surface area contributed by atoms with E-state index in [1.165, 1.54) is 0 Å². The van der Waals surface area contributed by atoms with Crippen LogP contribution in [0.3, 0.4) is 0 Å². The molecule has 26 heavy (non-hydrogen) atoms. The van der Waals surface area contributed by atoms with Crippen molar-refractivity contribution in [1.29, 1.82) is 0 Å². The lowest BCUT2D eigenvalue weighted by molar-refractivity contribution is 0.355. The van der Waals surface area contributed by atoms with Gasteiger partial charge in [-0.2, -0.15) is 0 Å². The Balaban J connectivity index is 2.17. The number of aromatic nitrogens is 1. The summed E-state index contributed by atoms with van der Waals surface area (Å²) in [4.78, 5) is 7.04. The summed E-state index contributed by atoms with van der Waals surface area (Å²) in [7, 11) is 3.25. The Morgan fingerprint density at radius 1 is 0.846 bits per heavy atom. The van der Waals surface area contributed by atoms with Gasteiger partial charge >= 0.3 is 0 Å². The minimum Gasteiger partial charge on any atom is -0.493 e. The fourth-order valence-electron chi connectivity index (χ4n) is 2.91. The number of rotatable bonds is 7. The van der Waals surface area contributed by atoms with E-state index in [0.717, 1.165) is 41.3 Å². The monoisotopic (exact) mass is 352 g/mol. The smallest absolute Gasteiger partial charge is 0.172 e. The summed E-state index contributed by atoms with van der Waals surface area (Å²) >= 11 is 0. The molecule has 1 aromatic heterocycles. The molecule has 0 fully saturated rings. The van der Waals surface area contributed by atoms with Crippen LogP contribution >= 0.6 is 0 Å². The maximum absolute atomic E-state index is 6.16. The highest BCUT2D eigenvalue weighted by molar-refractivity contribution is 5.86. The second-order valence-corrected chi connectivity index (χ2v) is 5.80. The molecule has 5 heteroatoms. The highest BCUT2D eigenvalue weighted by Gasteiger charge is 2.16. The molecule has 5 nitrogen and oxygen atoms in total. The van der Waals surface area contributed by atoms with E-state index < -0.39 is 0 Å². The molecule has 0 spiro atoms. The van der Waals surface area contributed by atoms with E-state index in [9.17, 15) is 0 Å². The molecule has 3 rings (SSSR count). The molecular weight excluding hydrogens is 328 g/mol. The van der Waals surface area contributed by atoms with Crippen molar-refractivity contribution in [2.75, 3.05) is 32.2 Å². The summed E-state index contributed by atoms with van der Waals surface area (Å²) in [6, 6.07) is 15.6. The molecule has 0 N–H and O–H groups in total. The van der Waals surface area contributed by atoms with E-state index >= 15 is 0 Å². The first-order valence-electron chi connectivity index (χ1n) is 8.74. The topological polar surface area (TPSA) is 43.8 Å². The van der Waals surface area contributed by atoms with Crippen molar-refractivity contribution >= 4 is 16.7 Å². The molecule has 0 saturated carbocycles. The van der Waals surface area contributed by atoms with Crippen LogP contribution in [0.5, 0.6) is 23.0 Å². The van der Waals surface area contributed by atoms with Crippen LogP contribution in [0.2, 0.25) is 0 Å². The predicted octanol–water partition coefficient (Wildman–Crippen LogP) is 4.89. The third-order valence-corrected chi connectivity index (χ3v) is 4.30. The Bertz CT molecular complexity index is 877. The van der Waals surface area contributed by atoms with Crippen LogP contribution in [0.25, 0.3) is 10.9 Å². The lowest BCUT2D eigenvalue weighted by Crippen LogP contribution is -2.23. The number of methoxy groups -OCH3 is 2. The quantitative estimate of drug-likeness (QED) is 0.606. The van der Waals surface area contributed by atoms with Gasteiger partial charge in [-0.25, -0.2) is 4.98 Å². The average Bonchev–Trinajstić information content (AvgIpc) is 2.69. The number of nitrogens with zero attached hydrogens (tertiary/aromatic N) is 2. The zero-order chi connectivity index (χ0) is 18.5. The van der Waals surface area contributed by atoms with E-state index in [4.69, 9.17) is 19.2 Å². The van der Waals surface area contributed by atoms with Crippen molar-refractivity contribution in [1.82, 2.24) is 4.98 Å². The molecule has 3 aromatic rings. The van der Waals surface area contributed by atoms with Gasteiger partial charge in [-0.15, -0.1) is 0 Å². The standard InChI is InChI=1S/C21H24N2O3/c1-5-23(6-2)21-20(26-16-10-8-7-9-11-16)13-15-12-18(24-3)19(25-4)14-17(15)22-21/h7-14H,5-6H2,1-4H3. The maximum atomic E-state index is 6.16. The lowest BCUT2D eigenvalue weighted by atomic mass is 10.1. The molecule has 0 aliphatic heterocycles. The van der Waals surface area contributed by atoms with Gasteiger partial charge in [0.2, 0.25) is 0 Å². The predicted molar refractivity (Wildman–Crippen MR) is 105 cm³/mol. The number of fused-ring (bicyclic) bond motifs is 1. The van der Waals surface area contributed by atoms with Gasteiger partial charge in [0.15, 0.2) is 23.1 Å². The first-order chi connectivity index (χ1) is 12.7. The molecule has 0 radical (unpaired) electrons. The van der Waals surface area contributed by atoms with Crippen LogP contribution in [0.15, 0.2) is 48.5 Å². The molecule has 1 heterocycles. The Morgan fingerprint density at radius 3 is 2.08 bits per heavy atom. The van der Waals surface area contributed by atoms with Gasteiger partial charge in [-0.3, -0.25) is 0 Å². The van der Waals surface area contributed by atoms with E-state index in [2.05, 4.69) is 18.7 Å². The van der Waals surface area contributed by atoms with Gasteiger partial charge in [0, 0.05) is 24.5 Å². The van der Waals surface area contributed by atoms with Gasteiger partial charge in [0.25, 0.3) is 0 Å². The summed E-state index contributed by atoms with van der Waals surface area (Å²) in [6.07, 6.45) is 0. The van der Waals surface area contributed by atoms with Crippen molar-refractivity contribution in [3.63, 3.8) is 0 Å². The van der Waals surface area contributed by atoms with Crippen LogP contribution in [0, 0.1) is 0 Å². The van der Waals surface area contributed by atoms with Crippen molar-refractivity contribution < 1.29 is 14.2 Å². The van der Waals surface area contributed by atoms with E-state index in [-0.39, 0.29) is 0 Å². The minimum absolute atomic E-state index is 0.662. The van der Waals surface area contributed by atoms with Crippen LogP contribution < -0.4 is 19.1 Å². The van der Waals surface area contributed by atoms with Crippen molar-refractivity contribution in [2.45, 2.75) is 13.8 Å². The first kappa shape index (κ1) is 17.9. The lowest BCUT2D eigenvalue weighted by Gasteiger charge is -2.23. The normalized spacial score (nSPS) is 10.6. The molecule has 0 amide bonds. The fourth-order valence-corrected chi connectivity index (χ4v) is 2.91. The molecule has 0 aliphatic carbocycles. The van der Waals surface area contributed by atoms with Gasteiger partial charge in [-0.05, 0) is 38.1 Å². The molecule has 0 saturated heterocycles. The summed E-state index contributed by atoms with van der Waals surface area (Å²) in [6.45, 7) is 5.90. The molecule has 0 aliphatic rings. The van der Waals surface area contributed by atoms with E-state index in [1.807, 2.05) is 48.5 Å². The number of hydrogen-bond donors (Lipinski definition) is 0. The molecule has 2 aromatic carbocycles. The Labute approximate surface area is 154 Å². The Morgan fingerprint density at radius 2 is 1.46 bits per heavy atom. The largest absolute Gasteiger partial charge is 0.493 e. The number of pyridine rings is 1. The fraction of sp³-hybridized carbons (Fsp3) is 0.286. The number of para-hydroxylation sites is 1. The summed E-state index contributed by atoms with van der Waals surface area (Å²) in [5.41, 5.74) is 0.838. The Kier molecular flexibility index (Phi) is 5.46. The van der Waals surface area contributed by atoms with Crippen LogP contribution in [0.1, 0.15) is 13.8 Å². The third-order valence-electron chi connectivity index (χ3n) is 4.30. The summed E-state index contributed by atoms with van der Waals surface area (Å²) in [5, 5.41) is 0.935. The second-order valence-electron chi connectivity index (χ2n) is 5.80. The van der Waals surface area contributed by atoms with E-state index in [0.29, 0.717) is 11.5 Å². The summed E-state index contributed by atoms with van der Waals surface area (Å²) < 4.78 is 17.0. The Hall–Kier alpha value is -2.95. The molecular formula is C21H24N2O3. The van der Waals surface area contributed by atoms with Crippen LogP contribution in [0.4, 0.5) is 5.82 Å². The van der Waals surface area contributed by atoms with Crippen molar-refractivity contribution in [2.24, 2.45) is 0 Å². The van der Waals surface area contributed by atoms with Crippen molar-refractivity contribution in [3.8, 4) is 23.0 Å². The number of hydrogen-bond acceptors (Lipinski definition) is 5. The molecule has 0 unspecified atom stereocenters. The van der Waals surface area contributed by atoms with Gasteiger partial charge in [0.05, 0.1) is 19.7 Å². The maximum Gasteiger partial charge on any atom is 0.172 e. The number of benzene rings is 2.